The standard InChI is InChI=1S/C17H21NO/c1-14-7-5-6-10-17(14)15(11-12-18)13-19-16-8-3-2-4-9-16/h2-10,15H,11-13,18H2,1H3. The molecule has 2 N–H and O–H groups in total. The first-order valence-electron chi connectivity index (χ1n) is 6.74. The number of hydrogen-bond donors (Lipinski definition) is 1. The Morgan fingerprint density at radius 3 is 2.37 bits per heavy atom. The summed E-state index contributed by atoms with van der Waals surface area (Å²) in [4.78, 5) is 0. The molecule has 0 saturated heterocycles. The van der Waals surface area contributed by atoms with Crippen LogP contribution in [0.2, 0.25) is 0 Å². The number of rotatable bonds is 6. The van der Waals surface area contributed by atoms with Gasteiger partial charge in [-0.2, -0.15) is 0 Å². The molecule has 0 spiro atoms. The molecule has 0 heterocycles. The van der Waals surface area contributed by atoms with Gasteiger partial charge < -0.3 is 10.5 Å². The van der Waals surface area contributed by atoms with Gasteiger partial charge in [-0.05, 0) is 43.1 Å². The molecule has 1 unspecified atom stereocenters. The van der Waals surface area contributed by atoms with Crippen LogP contribution in [-0.2, 0) is 0 Å². The lowest BCUT2D eigenvalue weighted by molar-refractivity contribution is 0.282. The molecule has 0 fully saturated rings. The summed E-state index contributed by atoms with van der Waals surface area (Å²) < 4.78 is 5.87. The molecule has 1 atom stereocenters. The normalized spacial score (nSPS) is 12.1. The van der Waals surface area contributed by atoms with Gasteiger partial charge in [0.15, 0.2) is 0 Å². The van der Waals surface area contributed by atoms with Gasteiger partial charge in [-0.25, -0.2) is 0 Å². The lowest BCUT2D eigenvalue weighted by Crippen LogP contribution is -2.15. The lowest BCUT2D eigenvalue weighted by atomic mass is 9.93. The van der Waals surface area contributed by atoms with Crippen molar-refractivity contribution in [3.63, 3.8) is 0 Å². The second-order valence-corrected chi connectivity index (χ2v) is 4.75. The average molecular weight is 255 g/mol. The molecule has 2 rings (SSSR count). The van der Waals surface area contributed by atoms with Gasteiger partial charge in [0.25, 0.3) is 0 Å². The smallest absolute Gasteiger partial charge is 0.119 e. The highest BCUT2D eigenvalue weighted by Crippen LogP contribution is 2.24. The summed E-state index contributed by atoms with van der Waals surface area (Å²) in [7, 11) is 0. The molecule has 0 radical (unpaired) electrons. The third kappa shape index (κ3) is 3.83. The Bertz CT molecular complexity index is 496. The monoisotopic (exact) mass is 255 g/mol. The second-order valence-electron chi connectivity index (χ2n) is 4.75. The Hall–Kier alpha value is -1.80. The summed E-state index contributed by atoms with van der Waals surface area (Å²) in [6, 6.07) is 18.4. The van der Waals surface area contributed by atoms with E-state index < -0.39 is 0 Å². The van der Waals surface area contributed by atoms with Crippen molar-refractivity contribution in [2.45, 2.75) is 19.3 Å². The molecule has 0 aliphatic heterocycles. The summed E-state index contributed by atoms with van der Waals surface area (Å²) in [5, 5.41) is 0. The molecular weight excluding hydrogens is 234 g/mol. The van der Waals surface area contributed by atoms with Crippen molar-refractivity contribution < 1.29 is 4.74 Å². The maximum atomic E-state index is 5.87. The Balaban J connectivity index is 2.07. The van der Waals surface area contributed by atoms with Crippen LogP contribution in [0.1, 0.15) is 23.5 Å². The predicted octanol–water partition coefficient (Wildman–Crippen LogP) is 3.51. The maximum absolute atomic E-state index is 5.87. The van der Waals surface area contributed by atoms with E-state index in [0.29, 0.717) is 19.1 Å². The van der Waals surface area contributed by atoms with Gasteiger partial charge in [0.1, 0.15) is 5.75 Å². The number of ether oxygens (including phenoxy) is 1. The fraction of sp³-hybridized carbons (Fsp3) is 0.294. The first-order valence-corrected chi connectivity index (χ1v) is 6.74. The first-order chi connectivity index (χ1) is 9.31. The highest BCUT2D eigenvalue weighted by Gasteiger charge is 2.13. The molecule has 2 heteroatoms. The summed E-state index contributed by atoms with van der Waals surface area (Å²) in [5.41, 5.74) is 8.37. The number of para-hydroxylation sites is 1. The zero-order valence-corrected chi connectivity index (χ0v) is 11.4. The quantitative estimate of drug-likeness (QED) is 0.857. The van der Waals surface area contributed by atoms with Crippen molar-refractivity contribution in [2.24, 2.45) is 5.73 Å². The van der Waals surface area contributed by atoms with Crippen LogP contribution in [0.25, 0.3) is 0 Å². The number of aryl methyl sites for hydroxylation is 1. The van der Waals surface area contributed by atoms with Crippen LogP contribution in [0.3, 0.4) is 0 Å². The van der Waals surface area contributed by atoms with Crippen LogP contribution in [0.4, 0.5) is 0 Å². The van der Waals surface area contributed by atoms with E-state index in [1.165, 1.54) is 11.1 Å². The highest BCUT2D eigenvalue weighted by atomic mass is 16.5. The highest BCUT2D eigenvalue weighted by molar-refractivity contribution is 5.30. The van der Waals surface area contributed by atoms with Crippen molar-refractivity contribution in [1.29, 1.82) is 0 Å². The molecule has 0 aromatic heterocycles. The molecule has 100 valence electrons. The van der Waals surface area contributed by atoms with Crippen molar-refractivity contribution in [3.8, 4) is 5.75 Å². The fourth-order valence-corrected chi connectivity index (χ4v) is 2.29. The summed E-state index contributed by atoms with van der Waals surface area (Å²) in [6.07, 6.45) is 0.942. The van der Waals surface area contributed by atoms with E-state index in [2.05, 4.69) is 31.2 Å². The van der Waals surface area contributed by atoms with E-state index in [0.717, 1.165) is 12.2 Å². The van der Waals surface area contributed by atoms with Gasteiger partial charge in [-0.15, -0.1) is 0 Å². The molecule has 2 nitrogen and oxygen atoms in total. The van der Waals surface area contributed by atoms with Crippen LogP contribution in [0, 0.1) is 6.92 Å². The molecule has 0 amide bonds. The summed E-state index contributed by atoms with van der Waals surface area (Å²) >= 11 is 0. The van der Waals surface area contributed by atoms with Crippen LogP contribution in [0.15, 0.2) is 54.6 Å². The van der Waals surface area contributed by atoms with Crippen molar-refractivity contribution in [2.75, 3.05) is 13.2 Å². The molecule has 19 heavy (non-hydrogen) atoms. The summed E-state index contributed by atoms with van der Waals surface area (Å²) in [6.45, 7) is 3.49. The third-order valence-corrected chi connectivity index (χ3v) is 3.34. The van der Waals surface area contributed by atoms with E-state index >= 15 is 0 Å². The van der Waals surface area contributed by atoms with Gasteiger partial charge in [-0.1, -0.05) is 42.5 Å². The Labute approximate surface area is 115 Å². The van der Waals surface area contributed by atoms with Crippen LogP contribution in [0.5, 0.6) is 5.75 Å². The number of nitrogens with two attached hydrogens (primary N) is 1. The zero-order valence-electron chi connectivity index (χ0n) is 11.4. The molecule has 0 aliphatic carbocycles. The van der Waals surface area contributed by atoms with Gasteiger partial charge in [0, 0.05) is 5.92 Å². The van der Waals surface area contributed by atoms with E-state index in [1.54, 1.807) is 0 Å². The average Bonchev–Trinajstić information content (AvgIpc) is 2.45. The fourth-order valence-electron chi connectivity index (χ4n) is 2.29. The lowest BCUT2D eigenvalue weighted by Gasteiger charge is -2.19. The van der Waals surface area contributed by atoms with Crippen molar-refractivity contribution in [1.82, 2.24) is 0 Å². The molecule has 2 aromatic carbocycles. The van der Waals surface area contributed by atoms with Crippen LogP contribution >= 0.6 is 0 Å². The van der Waals surface area contributed by atoms with Crippen molar-refractivity contribution in [3.05, 3.63) is 65.7 Å². The topological polar surface area (TPSA) is 35.2 Å². The van der Waals surface area contributed by atoms with E-state index in [4.69, 9.17) is 10.5 Å². The minimum atomic E-state index is 0.353. The maximum Gasteiger partial charge on any atom is 0.119 e. The molecule has 0 saturated carbocycles. The van der Waals surface area contributed by atoms with E-state index in [-0.39, 0.29) is 0 Å². The predicted molar refractivity (Wildman–Crippen MR) is 79.5 cm³/mol. The Morgan fingerprint density at radius 1 is 1.00 bits per heavy atom. The molecule has 0 bridgehead atoms. The SMILES string of the molecule is Cc1ccccc1C(CCN)COc1ccccc1. The van der Waals surface area contributed by atoms with Gasteiger partial charge in [0.2, 0.25) is 0 Å². The van der Waals surface area contributed by atoms with Crippen LogP contribution < -0.4 is 10.5 Å². The van der Waals surface area contributed by atoms with E-state index in [1.807, 2.05) is 30.3 Å². The van der Waals surface area contributed by atoms with Gasteiger partial charge >= 0.3 is 0 Å². The van der Waals surface area contributed by atoms with Gasteiger partial charge in [0.05, 0.1) is 6.61 Å². The summed E-state index contributed by atoms with van der Waals surface area (Å²) in [5.74, 6) is 1.27. The van der Waals surface area contributed by atoms with Crippen molar-refractivity contribution >= 4 is 0 Å². The minimum absolute atomic E-state index is 0.353. The third-order valence-electron chi connectivity index (χ3n) is 3.34. The van der Waals surface area contributed by atoms with E-state index in [9.17, 15) is 0 Å². The zero-order chi connectivity index (χ0) is 13.5. The number of hydrogen-bond acceptors (Lipinski definition) is 2. The minimum Gasteiger partial charge on any atom is -0.493 e. The largest absolute Gasteiger partial charge is 0.493 e. The molecule has 2 aromatic rings. The van der Waals surface area contributed by atoms with Gasteiger partial charge in [-0.3, -0.25) is 0 Å². The van der Waals surface area contributed by atoms with Crippen LogP contribution in [-0.4, -0.2) is 13.2 Å². The number of benzene rings is 2. The Morgan fingerprint density at radius 2 is 1.68 bits per heavy atom. The molecular formula is C17H21NO. The Kier molecular flexibility index (Phi) is 4.99. The first kappa shape index (κ1) is 13.6. The second kappa shape index (κ2) is 6.95. The molecule has 0 aliphatic rings.